The van der Waals surface area contributed by atoms with Crippen molar-refractivity contribution in [1.82, 2.24) is 5.32 Å². The molecule has 27 heavy (non-hydrogen) atoms. The molecule has 0 spiro atoms. The van der Waals surface area contributed by atoms with Gasteiger partial charge in [-0.15, -0.1) is 12.4 Å². The standard InChI is InChI=1S/C19H23ClN2O4.ClH/c1-24-16-7-6-12(9-18(16)26-3)5-4-8-22-19(23)13-10-14(20)15(21)11-17(13)25-2;/h6-7,9-11H,4-5,8,21H2,1-3H3,(H,22,23);1H. The topological polar surface area (TPSA) is 82.8 Å². The second kappa shape index (κ2) is 10.7. The van der Waals surface area contributed by atoms with Gasteiger partial charge in [-0.25, -0.2) is 0 Å². The fourth-order valence-corrected chi connectivity index (χ4v) is 2.70. The van der Waals surface area contributed by atoms with E-state index in [9.17, 15) is 4.79 Å². The molecule has 1 amide bonds. The third kappa shape index (κ3) is 5.84. The Morgan fingerprint density at radius 2 is 1.70 bits per heavy atom. The van der Waals surface area contributed by atoms with Crippen molar-refractivity contribution in [1.29, 1.82) is 0 Å². The van der Waals surface area contributed by atoms with E-state index in [0.717, 1.165) is 18.4 Å². The number of ether oxygens (including phenoxy) is 3. The first kappa shape index (κ1) is 22.7. The quantitative estimate of drug-likeness (QED) is 0.507. The summed E-state index contributed by atoms with van der Waals surface area (Å²) in [4.78, 5) is 12.4. The van der Waals surface area contributed by atoms with Crippen LogP contribution in [0.2, 0.25) is 5.02 Å². The van der Waals surface area contributed by atoms with Gasteiger partial charge in [0, 0.05) is 12.6 Å². The van der Waals surface area contributed by atoms with Crippen LogP contribution in [0.3, 0.4) is 0 Å². The van der Waals surface area contributed by atoms with Crippen LogP contribution in [0.25, 0.3) is 0 Å². The molecule has 0 unspecified atom stereocenters. The summed E-state index contributed by atoms with van der Waals surface area (Å²) >= 11 is 6.00. The van der Waals surface area contributed by atoms with E-state index < -0.39 is 0 Å². The Labute approximate surface area is 170 Å². The van der Waals surface area contributed by atoms with Gasteiger partial charge in [0.15, 0.2) is 11.5 Å². The van der Waals surface area contributed by atoms with Gasteiger partial charge < -0.3 is 25.3 Å². The molecule has 0 aliphatic heterocycles. The lowest BCUT2D eigenvalue weighted by Crippen LogP contribution is -2.25. The van der Waals surface area contributed by atoms with Gasteiger partial charge in [-0.1, -0.05) is 17.7 Å². The van der Waals surface area contributed by atoms with Gasteiger partial charge in [0.25, 0.3) is 5.91 Å². The molecule has 8 heteroatoms. The van der Waals surface area contributed by atoms with Crippen molar-refractivity contribution >= 4 is 35.6 Å². The zero-order valence-electron chi connectivity index (χ0n) is 15.5. The van der Waals surface area contributed by atoms with Crippen LogP contribution in [0.15, 0.2) is 30.3 Å². The van der Waals surface area contributed by atoms with Crippen molar-refractivity contribution in [2.45, 2.75) is 12.8 Å². The third-order valence-electron chi connectivity index (χ3n) is 3.94. The summed E-state index contributed by atoms with van der Waals surface area (Å²) in [6.45, 7) is 0.512. The Balaban J connectivity index is 0.00000364. The molecule has 0 saturated heterocycles. The highest BCUT2D eigenvalue weighted by Crippen LogP contribution is 2.29. The van der Waals surface area contributed by atoms with E-state index in [4.69, 9.17) is 31.5 Å². The van der Waals surface area contributed by atoms with Crippen LogP contribution in [0.4, 0.5) is 5.69 Å². The van der Waals surface area contributed by atoms with Gasteiger partial charge >= 0.3 is 0 Å². The summed E-state index contributed by atoms with van der Waals surface area (Å²) in [7, 11) is 4.69. The van der Waals surface area contributed by atoms with Crippen molar-refractivity contribution < 1.29 is 19.0 Å². The molecule has 0 aliphatic rings. The number of hydrogen-bond acceptors (Lipinski definition) is 5. The highest BCUT2D eigenvalue weighted by atomic mass is 35.5. The number of carbonyl (C=O) groups is 1. The molecule has 6 nitrogen and oxygen atoms in total. The fraction of sp³-hybridized carbons (Fsp3) is 0.316. The van der Waals surface area contributed by atoms with Crippen molar-refractivity contribution in [3.63, 3.8) is 0 Å². The van der Waals surface area contributed by atoms with Crippen LogP contribution >= 0.6 is 24.0 Å². The Kier molecular flexibility index (Phi) is 9.05. The number of rotatable bonds is 8. The summed E-state index contributed by atoms with van der Waals surface area (Å²) in [5.41, 5.74) is 7.56. The molecule has 3 N–H and O–H groups in total. The average Bonchev–Trinajstić information content (AvgIpc) is 2.66. The van der Waals surface area contributed by atoms with E-state index in [2.05, 4.69) is 5.32 Å². The maximum Gasteiger partial charge on any atom is 0.255 e. The second-order valence-electron chi connectivity index (χ2n) is 5.62. The molecule has 2 aromatic rings. The smallest absolute Gasteiger partial charge is 0.255 e. The van der Waals surface area contributed by atoms with Crippen LogP contribution in [-0.4, -0.2) is 33.8 Å². The Morgan fingerprint density at radius 1 is 1.04 bits per heavy atom. The largest absolute Gasteiger partial charge is 0.496 e. The number of amides is 1. The first-order valence-electron chi connectivity index (χ1n) is 8.12. The number of benzene rings is 2. The molecule has 0 radical (unpaired) electrons. The molecule has 0 saturated carbocycles. The summed E-state index contributed by atoms with van der Waals surface area (Å²) < 4.78 is 15.7. The number of carbonyl (C=O) groups excluding carboxylic acids is 1. The van der Waals surface area contributed by atoms with Crippen LogP contribution in [0.1, 0.15) is 22.3 Å². The molecular formula is C19H24Cl2N2O4. The molecule has 0 atom stereocenters. The van der Waals surface area contributed by atoms with E-state index in [-0.39, 0.29) is 18.3 Å². The van der Waals surface area contributed by atoms with Gasteiger partial charge in [-0.05, 0) is 36.6 Å². The van der Waals surface area contributed by atoms with E-state index >= 15 is 0 Å². The maximum atomic E-state index is 12.4. The molecule has 0 heterocycles. The van der Waals surface area contributed by atoms with Crippen molar-refractivity contribution in [3.05, 3.63) is 46.5 Å². The molecule has 0 aromatic heterocycles. The molecule has 148 valence electrons. The number of methoxy groups -OCH3 is 3. The van der Waals surface area contributed by atoms with E-state index in [0.29, 0.717) is 40.1 Å². The average molecular weight is 415 g/mol. The number of nitrogens with one attached hydrogen (secondary N) is 1. The molecule has 0 bridgehead atoms. The Morgan fingerprint density at radius 3 is 2.33 bits per heavy atom. The monoisotopic (exact) mass is 414 g/mol. The van der Waals surface area contributed by atoms with E-state index in [1.165, 1.54) is 13.2 Å². The zero-order chi connectivity index (χ0) is 19.1. The van der Waals surface area contributed by atoms with Crippen LogP contribution in [0.5, 0.6) is 17.2 Å². The highest BCUT2D eigenvalue weighted by molar-refractivity contribution is 6.33. The first-order valence-corrected chi connectivity index (χ1v) is 8.50. The first-order chi connectivity index (χ1) is 12.5. The molecule has 0 aliphatic carbocycles. The van der Waals surface area contributed by atoms with Crippen molar-refractivity contribution in [2.24, 2.45) is 0 Å². The molecule has 0 fully saturated rings. The number of aryl methyl sites for hydroxylation is 1. The highest BCUT2D eigenvalue weighted by Gasteiger charge is 2.14. The van der Waals surface area contributed by atoms with Crippen LogP contribution < -0.4 is 25.3 Å². The second-order valence-corrected chi connectivity index (χ2v) is 6.03. The lowest BCUT2D eigenvalue weighted by Gasteiger charge is -2.12. The van der Waals surface area contributed by atoms with Crippen LogP contribution in [0, 0.1) is 0 Å². The predicted molar refractivity (Wildman–Crippen MR) is 110 cm³/mol. The van der Waals surface area contributed by atoms with Gasteiger partial charge in [-0.2, -0.15) is 0 Å². The molecular weight excluding hydrogens is 391 g/mol. The minimum absolute atomic E-state index is 0. The lowest BCUT2D eigenvalue weighted by atomic mass is 10.1. The number of hydrogen-bond donors (Lipinski definition) is 2. The predicted octanol–water partition coefficient (Wildman–Crippen LogP) is 3.73. The number of halogens is 2. The van der Waals surface area contributed by atoms with E-state index in [1.54, 1.807) is 20.3 Å². The normalized spacial score (nSPS) is 9.93. The van der Waals surface area contributed by atoms with Gasteiger partial charge in [0.05, 0.1) is 37.6 Å². The fourth-order valence-electron chi connectivity index (χ4n) is 2.54. The Bertz CT molecular complexity index is 785. The minimum atomic E-state index is -0.254. The summed E-state index contributed by atoms with van der Waals surface area (Å²) in [5, 5.41) is 3.19. The van der Waals surface area contributed by atoms with Crippen LogP contribution in [-0.2, 0) is 6.42 Å². The maximum absolute atomic E-state index is 12.4. The molecule has 2 rings (SSSR count). The number of anilines is 1. The number of nitrogen functional groups attached to an aromatic ring is 1. The minimum Gasteiger partial charge on any atom is -0.496 e. The van der Waals surface area contributed by atoms with Gasteiger partial charge in [0.1, 0.15) is 5.75 Å². The summed E-state index contributed by atoms with van der Waals surface area (Å²) in [6, 6.07) is 8.84. The third-order valence-corrected chi connectivity index (χ3v) is 4.27. The summed E-state index contributed by atoms with van der Waals surface area (Å²) in [5.74, 6) is 1.52. The SMILES string of the molecule is COc1ccc(CCCNC(=O)c2cc(Cl)c(N)cc2OC)cc1OC.Cl. The van der Waals surface area contributed by atoms with Crippen molar-refractivity contribution in [2.75, 3.05) is 33.6 Å². The lowest BCUT2D eigenvalue weighted by molar-refractivity contribution is 0.0950. The van der Waals surface area contributed by atoms with Crippen molar-refractivity contribution in [3.8, 4) is 17.2 Å². The van der Waals surface area contributed by atoms with Gasteiger partial charge in [0.2, 0.25) is 0 Å². The van der Waals surface area contributed by atoms with Gasteiger partial charge in [-0.3, -0.25) is 4.79 Å². The summed E-state index contributed by atoms with van der Waals surface area (Å²) in [6.07, 6.45) is 1.56. The van der Waals surface area contributed by atoms with E-state index in [1.807, 2.05) is 18.2 Å². The Hall–Kier alpha value is -2.31. The number of nitrogens with two attached hydrogens (primary N) is 1. The molecule has 2 aromatic carbocycles. The zero-order valence-corrected chi connectivity index (χ0v) is 17.1.